The highest BCUT2D eigenvalue weighted by Crippen LogP contribution is 2.21. The van der Waals surface area contributed by atoms with E-state index in [2.05, 4.69) is 5.32 Å². The van der Waals surface area contributed by atoms with Crippen molar-refractivity contribution < 1.29 is 9.13 Å². The number of hydrogen-bond acceptors (Lipinski definition) is 2. The summed E-state index contributed by atoms with van der Waals surface area (Å²) in [5.41, 5.74) is 2.11. The highest BCUT2D eigenvalue weighted by Gasteiger charge is 2.12. The van der Waals surface area contributed by atoms with Gasteiger partial charge < -0.3 is 10.1 Å². The van der Waals surface area contributed by atoms with Crippen LogP contribution in [-0.4, -0.2) is 20.8 Å². The monoisotopic (exact) mass is 211 g/mol. The average Bonchev–Trinajstić information content (AvgIpc) is 2.24. The molecule has 0 fully saturated rings. The molecule has 0 aliphatic heterocycles. The molecule has 1 N–H and O–H groups in total. The van der Waals surface area contributed by atoms with Gasteiger partial charge in [0, 0.05) is 19.8 Å². The minimum atomic E-state index is -0.187. The molecule has 3 heteroatoms. The first-order valence-corrected chi connectivity index (χ1v) is 5.11. The summed E-state index contributed by atoms with van der Waals surface area (Å²) in [7, 11) is 3.55. The minimum absolute atomic E-state index is 0.153. The van der Waals surface area contributed by atoms with Crippen molar-refractivity contribution in [3.05, 3.63) is 35.1 Å². The number of aryl methyl sites for hydroxylation is 1. The predicted octanol–water partition coefficient (Wildman–Crippen LogP) is 2.43. The van der Waals surface area contributed by atoms with Crippen LogP contribution in [0.2, 0.25) is 0 Å². The third-order valence-electron chi connectivity index (χ3n) is 2.58. The molecule has 1 rings (SSSR count). The van der Waals surface area contributed by atoms with Gasteiger partial charge in [-0.05, 0) is 43.7 Å². The van der Waals surface area contributed by atoms with Crippen LogP contribution in [0.15, 0.2) is 18.2 Å². The molecule has 0 aliphatic carbocycles. The van der Waals surface area contributed by atoms with Crippen molar-refractivity contribution in [2.45, 2.75) is 19.4 Å². The molecule has 0 spiro atoms. The van der Waals surface area contributed by atoms with Gasteiger partial charge in [-0.25, -0.2) is 4.39 Å². The highest BCUT2D eigenvalue weighted by molar-refractivity contribution is 5.29. The third-order valence-corrected chi connectivity index (χ3v) is 2.58. The quantitative estimate of drug-likeness (QED) is 0.807. The first kappa shape index (κ1) is 12.1. The Morgan fingerprint density at radius 3 is 2.80 bits per heavy atom. The van der Waals surface area contributed by atoms with E-state index in [1.165, 1.54) is 6.07 Å². The lowest BCUT2D eigenvalue weighted by atomic mass is 9.99. The van der Waals surface area contributed by atoms with Crippen LogP contribution >= 0.6 is 0 Å². The lowest BCUT2D eigenvalue weighted by Crippen LogP contribution is -2.19. The summed E-state index contributed by atoms with van der Waals surface area (Å²) in [6, 6.07) is 5.04. The summed E-state index contributed by atoms with van der Waals surface area (Å²) in [4.78, 5) is 0. The largest absolute Gasteiger partial charge is 0.385 e. The van der Waals surface area contributed by atoms with E-state index < -0.39 is 0 Å². The Morgan fingerprint density at radius 1 is 1.47 bits per heavy atom. The number of benzene rings is 1. The van der Waals surface area contributed by atoms with Crippen LogP contribution in [0.3, 0.4) is 0 Å². The van der Waals surface area contributed by atoms with Crippen molar-refractivity contribution in [1.82, 2.24) is 5.32 Å². The van der Waals surface area contributed by atoms with Gasteiger partial charge in [-0.15, -0.1) is 0 Å². The molecule has 0 heterocycles. The maximum absolute atomic E-state index is 13.1. The average molecular weight is 211 g/mol. The Morgan fingerprint density at radius 2 is 2.20 bits per heavy atom. The standard InChI is InChI=1S/C12H18FNO/c1-9-4-5-10(13)8-11(9)12(14-2)6-7-15-3/h4-5,8,12,14H,6-7H2,1-3H3. The third kappa shape index (κ3) is 3.29. The number of nitrogens with one attached hydrogen (secondary N) is 1. The highest BCUT2D eigenvalue weighted by atomic mass is 19.1. The van der Waals surface area contributed by atoms with Gasteiger partial charge in [-0.2, -0.15) is 0 Å². The summed E-state index contributed by atoms with van der Waals surface area (Å²) in [6.07, 6.45) is 0.845. The van der Waals surface area contributed by atoms with Gasteiger partial charge in [0.1, 0.15) is 5.82 Å². The molecule has 2 nitrogen and oxygen atoms in total. The van der Waals surface area contributed by atoms with E-state index in [0.29, 0.717) is 6.61 Å². The summed E-state index contributed by atoms with van der Waals surface area (Å²) >= 11 is 0. The Labute approximate surface area is 90.4 Å². The molecule has 0 saturated heterocycles. The molecule has 1 aromatic rings. The zero-order valence-corrected chi connectivity index (χ0v) is 9.51. The van der Waals surface area contributed by atoms with Gasteiger partial charge in [-0.1, -0.05) is 6.07 Å². The summed E-state index contributed by atoms with van der Waals surface area (Å²) in [6.45, 7) is 2.66. The Bertz CT molecular complexity index is 314. The molecule has 0 aliphatic rings. The molecule has 0 bridgehead atoms. The van der Waals surface area contributed by atoms with E-state index >= 15 is 0 Å². The maximum atomic E-state index is 13.1. The van der Waals surface area contributed by atoms with Crippen LogP contribution in [0.5, 0.6) is 0 Å². The van der Waals surface area contributed by atoms with Gasteiger partial charge in [0.15, 0.2) is 0 Å². The van der Waals surface area contributed by atoms with Crippen LogP contribution in [-0.2, 0) is 4.74 Å². The normalized spacial score (nSPS) is 12.8. The molecule has 1 atom stereocenters. The topological polar surface area (TPSA) is 21.3 Å². The fourth-order valence-electron chi connectivity index (χ4n) is 1.68. The fraction of sp³-hybridized carbons (Fsp3) is 0.500. The minimum Gasteiger partial charge on any atom is -0.385 e. The Hall–Kier alpha value is -0.930. The van der Waals surface area contributed by atoms with E-state index in [0.717, 1.165) is 17.5 Å². The van der Waals surface area contributed by atoms with Gasteiger partial charge in [-0.3, -0.25) is 0 Å². The predicted molar refractivity (Wildman–Crippen MR) is 59.4 cm³/mol. The molecule has 84 valence electrons. The van der Waals surface area contributed by atoms with Gasteiger partial charge in [0.05, 0.1) is 0 Å². The van der Waals surface area contributed by atoms with Crippen LogP contribution in [0, 0.1) is 12.7 Å². The number of halogens is 1. The fourth-order valence-corrected chi connectivity index (χ4v) is 1.68. The number of ether oxygens (including phenoxy) is 1. The smallest absolute Gasteiger partial charge is 0.123 e. The number of rotatable bonds is 5. The summed E-state index contributed by atoms with van der Waals surface area (Å²) in [5.74, 6) is -0.187. The second-order valence-corrected chi connectivity index (χ2v) is 3.62. The number of methoxy groups -OCH3 is 1. The second kappa shape index (κ2) is 5.83. The molecular formula is C12H18FNO. The maximum Gasteiger partial charge on any atom is 0.123 e. The van der Waals surface area contributed by atoms with E-state index in [4.69, 9.17) is 4.74 Å². The molecule has 0 amide bonds. The van der Waals surface area contributed by atoms with Crippen molar-refractivity contribution in [3.63, 3.8) is 0 Å². The van der Waals surface area contributed by atoms with Crippen LogP contribution in [0.1, 0.15) is 23.6 Å². The number of hydrogen-bond donors (Lipinski definition) is 1. The summed E-state index contributed by atoms with van der Waals surface area (Å²) in [5, 5.41) is 3.17. The SMILES string of the molecule is CNC(CCOC)c1cc(F)ccc1C. The second-order valence-electron chi connectivity index (χ2n) is 3.62. The van der Waals surface area contributed by atoms with Crippen molar-refractivity contribution in [2.24, 2.45) is 0 Å². The Kier molecular flexibility index (Phi) is 4.72. The van der Waals surface area contributed by atoms with Crippen molar-refractivity contribution >= 4 is 0 Å². The van der Waals surface area contributed by atoms with Crippen molar-refractivity contribution in [3.8, 4) is 0 Å². The zero-order valence-electron chi connectivity index (χ0n) is 9.51. The van der Waals surface area contributed by atoms with E-state index in [1.807, 2.05) is 20.0 Å². The zero-order chi connectivity index (χ0) is 11.3. The van der Waals surface area contributed by atoms with Crippen molar-refractivity contribution in [2.75, 3.05) is 20.8 Å². The lowest BCUT2D eigenvalue weighted by molar-refractivity contribution is 0.184. The molecular weight excluding hydrogens is 193 g/mol. The van der Waals surface area contributed by atoms with Crippen LogP contribution in [0.4, 0.5) is 4.39 Å². The molecule has 0 saturated carbocycles. The van der Waals surface area contributed by atoms with Crippen molar-refractivity contribution in [1.29, 1.82) is 0 Å². The first-order chi connectivity index (χ1) is 7.19. The molecule has 15 heavy (non-hydrogen) atoms. The molecule has 0 aromatic heterocycles. The van der Waals surface area contributed by atoms with Gasteiger partial charge in [0.2, 0.25) is 0 Å². The van der Waals surface area contributed by atoms with E-state index in [9.17, 15) is 4.39 Å². The van der Waals surface area contributed by atoms with Gasteiger partial charge in [0.25, 0.3) is 0 Å². The lowest BCUT2D eigenvalue weighted by Gasteiger charge is -2.18. The van der Waals surface area contributed by atoms with Crippen LogP contribution in [0.25, 0.3) is 0 Å². The van der Waals surface area contributed by atoms with E-state index in [-0.39, 0.29) is 11.9 Å². The van der Waals surface area contributed by atoms with E-state index in [1.54, 1.807) is 13.2 Å². The molecule has 1 unspecified atom stereocenters. The first-order valence-electron chi connectivity index (χ1n) is 5.11. The summed E-state index contributed by atoms with van der Waals surface area (Å²) < 4.78 is 18.1. The Balaban J connectivity index is 2.85. The van der Waals surface area contributed by atoms with Gasteiger partial charge >= 0.3 is 0 Å². The molecule has 0 radical (unpaired) electrons. The van der Waals surface area contributed by atoms with Crippen LogP contribution < -0.4 is 5.32 Å². The molecule has 1 aromatic carbocycles.